The van der Waals surface area contributed by atoms with Gasteiger partial charge in [0.15, 0.2) is 17.3 Å². The minimum atomic E-state index is -0.410. The second-order valence-corrected chi connectivity index (χ2v) is 4.68. The molecule has 0 saturated carbocycles. The van der Waals surface area contributed by atoms with Crippen LogP contribution in [0.5, 0.6) is 0 Å². The highest BCUT2D eigenvalue weighted by Gasteiger charge is 2.38. The third-order valence-corrected chi connectivity index (χ3v) is 3.33. The van der Waals surface area contributed by atoms with Gasteiger partial charge in [0.1, 0.15) is 0 Å². The molecule has 0 radical (unpaired) electrons. The lowest BCUT2D eigenvalue weighted by atomic mass is 9.72. The predicted octanol–water partition coefficient (Wildman–Crippen LogP) is 0.849. The lowest BCUT2D eigenvalue weighted by molar-refractivity contribution is 0.231. The van der Waals surface area contributed by atoms with Gasteiger partial charge in [0.05, 0.1) is 5.54 Å². The molecule has 1 aromatic carbocycles. The highest BCUT2D eigenvalue weighted by molar-refractivity contribution is 6.00. The topological polar surface area (TPSA) is 110 Å². The van der Waals surface area contributed by atoms with Crippen LogP contribution < -0.4 is 11.2 Å². The molecule has 0 unspecified atom stereocenters. The second kappa shape index (κ2) is 4.06. The normalized spacial score (nSPS) is 21.7. The van der Waals surface area contributed by atoms with Crippen molar-refractivity contribution in [1.29, 1.82) is 0 Å². The van der Waals surface area contributed by atoms with Crippen LogP contribution in [0.25, 0.3) is 0 Å². The van der Waals surface area contributed by atoms with Gasteiger partial charge < -0.3 is 5.73 Å². The van der Waals surface area contributed by atoms with E-state index in [1.54, 1.807) is 0 Å². The van der Waals surface area contributed by atoms with Crippen LogP contribution in [-0.4, -0.2) is 21.4 Å². The number of nitrogens with two attached hydrogens (primary N) is 1. The second-order valence-electron chi connectivity index (χ2n) is 4.68. The molecule has 3 rings (SSSR count). The number of nitrogens with zero attached hydrogens (tertiary/aromatic N) is 3. The summed E-state index contributed by atoms with van der Waals surface area (Å²) < 4.78 is 4.51. The van der Waals surface area contributed by atoms with Crippen molar-refractivity contribution >= 4 is 11.7 Å². The van der Waals surface area contributed by atoms with Crippen molar-refractivity contribution in [1.82, 2.24) is 15.8 Å². The van der Waals surface area contributed by atoms with Crippen molar-refractivity contribution in [2.24, 2.45) is 4.99 Å². The van der Waals surface area contributed by atoms with Crippen LogP contribution in [0, 0.1) is 0 Å². The van der Waals surface area contributed by atoms with E-state index in [-0.39, 0.29) is 17.3 Å². The number of hydrogen-bond acceptors (Lipinski definition) is 6. The van der Waals surface area contributed by atoms with E-state index in [1.807, 2.05) is 30.6 Å². The SMILES string of the molecule is C[C@]1(N=C(NO)c2nonc2N)Cc2ccccc21. The van der Waals surface area contributed by atoms with E-state index in [0.29, 0.717) is 0 Å². The van der Waals surface area contributed by atoms with Gasteiger partial charge in [-0.05, 0) is 28.4 Å². The molecular weight excluding hydrogens is 246 g/mol. The van der Waals surface area contributed by atoms with Crippen molar-refractivity contribution < 1.29 is 9.84 Å². The Morgan fingerprint density at radius 1 is 1.47 bits per heavy atom. The van der Waals surface area contributed by atoms with Crippen LogP contribution in [0.2, 0.25) is 0 Å². The zero-order valence-electron chi connectivity index (χ0n) is 10.3. The number of nitrogens with one attached hydrogen (secondary N) is 1. The van der Waals surface area contributed by atoms with Gasteiger partial charge in [-0.2, -0.15) is 0 Å². The van der Waals surface area contributed by atoms with E-state index in [9.17, 15) is 5.21 Å². The molecule has 0 aliphatic heterocycles. The Hall–Kier alpha value is -2.41. The molecule has 0 bridgehead atoms. The predicted molar refractivity (Wildman–Crippen MR) is 67.7 cm³/mol. The molecule has 2 aromatic rings. The Labute approximate surface area is 109 Å². The van der Waals surface area contributed by atoms with Crippen molar-refractivity contribution in [2.75, 3.05) is 5.73 Å². The minimum absolute atomic E-state index is 0.0801. The summed E-state index contributed by atoms with van der Waals surface area (Å²) >= 11 is 0. The maximum Gasteiger partial charge on any atom is 0.199 e. The molecule has 7 nitrogen and oxygen atoms in total. The van der Waals surface area contributed by atoms with Crippen molar-refractivity contribution in [2.45, 2.75) is 18.9 Å². The van der Waals surface area contributed by atoms with E-state index in [2.05, 4.69) is 26.0 Å². The maximum atomic E-state index is 9.21. The van der Waals surface area contributed by atoms with Crippen molar-refractivity contribution in [3.8, 4) is 0 Å². The van der Waals surface area contributed by atoms with Crippen LogP contribution in [0.15, 0.2) is 33.9 Å². The van der Waals surface area contributed by atoms with E-state index in [0.717, 1.165) is 12.0 Å². The van der Waals surface area contributed by atoms with Gasteiger partial charge in [0.2, 0.25) is 0 Å². The Morgan fingerprint density at radius 3 is 2.89 bits per heavy atom. The average Bonchev–Trinajstić information content (AvgIpc) is 2.81. The van der Waals surface area contributed by atoms with E-state index >= 15 is 0 Å². The molecule has 98 valence electrons. The summed E-state index contributed by atoms with van der Waals surface area (Å²) in [4.78, 5) is 4.49. The van der Waals surface area contributed by atoms with E-state index in [1.165, 1.54) is 5.56 Å². The van der Waals surface area contributed by atoms with E-state index < -0.39 is 5.54 Å². The van der Waals surface area contributed by atoms with Crippen LogP contribution >= 0.6 is 0 Å². The highest BCUT2D eigenvalue weighted by atomic mass is 16.6. The van der Waals surface area contributed by atoms with Crippen LogP contribution in [0.3, 0.4) is 0 Å². The lowest BCUT2D eigenvalue weighted by Crippen LogP contribution is -2.37. The summed E-state index contributed by atoms with van der Waals surface area (Å²) in [6.07, 6.45) is 0.791. The fourth-order valence-corrected chi connectivity index (χ4v) is 2.40. The zero-order valence-corrected chi connectivity index (χ0v) is 10.3. The number of benzene rings is 1. The lowest BCUT2D eigenvalue weighted by Gasteiger charge is -2.38. The molecule has 1 heterocycles. The molecule has 19 heavy (non-hydrogen) atoms. The first kappa shape index (κ1) is 11.7. The molecule has 1 aliphatic rings. The van der Waals surface area contributed by atoms with Gasteiger partial charge >= 0.3 is 0 Å². The first-order valence-electron chi connectivity index (χ1n) is 5.81. The van der Waals surface area contributed by atoms with E-state index in [4.69, 9.17) is 5.73 Å². The summed E-state index contributed by atoms with van der Waals surface area (Å²) in [5, 5.41) is 16.3. The number of anilines is 1. The van der Waals surface area contributed by atoms with Gasteiger partial charge in [-0.15, -0.1) is 0 Å². The molecule has 0 saturated heterocycles. The van der Waals surface area contributed by atoms with Crippen LogP contribution in [-0.2, 0) is 12.0 Å². The number of rotatable bonds is 2. The maximum absolute atomic E-state index is 9.21. The first-order valence-corrected chi connectivity index (χ1v) is 5.81. The fourth-order valence-electron chi connectivity index (χ4n) is 2.40. The van der Waals surface area contributed by atoms with Crippen molar-refractivity contribution in [3.63, 3.8) is 0 Å². The largest absolute Gasteiger partial charge is 0.379 e. The number of amidine groups is 1. The van der Waals surface area contributed by atoms with Gasteiger partial charge in [-0.25, -0.2) is 4.63 Å². The first-order chi connectivity index (χ1) is 9.14. The number of hydroxylamine groups is 1. The molecule has 0 fully saturated rings. The Balaban J connectivity index is 2.00. The fraction of sp³-hybridized carbons (Fsp3) is 0.250. The van der Waals surface area contributed by atoms with Gasteiger partial charge in [-0.3, -0.25) is 15.7 Å². The molecule has 0 spiro atoms. The summed E-state index contributed by atoms with van der Waals surface area (Å²) in [5.74, 6) is 0.229. The molecule has 1 aliphatic carbocycles. The number of aromatic nitrogens is 2. The Kier molecular flexibility index (Phi) is 2.49. The summed E-state index contributed by atoms with van der Waals surface area (Å²) in [6.45, 7) is 1.98. The zero-order chi connectivity index (χ0) is 13.5. The molecular formula is C12H13N5O2. The van der Waals surface area contributed by atoms with Gasteiger partial charge in [0, 0.05) is 6.42 Å². The van der Waals surface area contributed by atoms with Gasteiger partial charge in [0.25, 0.3) is 0 Å². The standard InChI is InChI=1S/C12H13N5O2/c1-12(6-7-4-2-3-5-8(7)12)14-11(15-18)9-10(13)17-19-16-9/h2-5,18H,6H2,1H3,(H2,13,17)(H,14,15)/t12-/m0/s1. The minimum Gasteiger partial charge on any atom is -0.379 e. The van der Waals surface area contributed by atoms with Crippen LogP contribution in [0.1, 0.15) is 23.7 Å². The Bertz CT molecular complexity index is 651. The molecule has 7 heteroatoms. The summed E-state index contributed by atoms with van der Waals surface area (Å²) in [7, 11) is 0. The third kappa shape index (κ3) is 1.75. The number of nitrogen functional groups attached to an aromatic ring is 1. The monoisotopic (exact) mass is 259 g/mol. The van der Waals surface area contributed by atoms with Crippen LogP contribution in [0.4, 0.5) is 5.82 Å². The van der Waals surface area contributed by atoms with Crippen molar-refractivity contribution in [3.05, 3.63) is 41.1 Å². The average molecular weight is 259 g/mol. The smallest absolute Gasteiger partial charge is 0.199 e. The summed E-state index contributed by atoms with van der Waals surface area (Å²) in [5.41, 5.74) is 9.76. The highest BCUT2D eigenvalue weighted by Crippen LogP contribution is 2.42. The Morgan fingerprint density at radius 2 is 2.26 bits per heavy atom. The number of hydrogen-bond donors (Lipinski definition) is 3. The summed E-state index contributed by atoms with van der Waals surface area (Å²) in [6, 6.07) is 8.03. The number of fused-ring (bicyclic) bond motifs is 1. The molecule has 4 N–H and O–H groups in total. The molecule has 1 aromatic heterocycles. The number of aliphatic imine (C=N–C) groups is 1. The molecule has 0 amide bonds. The third-order valence-electron chi connectivity index (χ3n) is 3.33. The quantitative estimate of drug-likeness (QED) is 0.419. The van der Waals surface area contributed by atoms with Gasteiger partial charge in [-0.1, -0.05) is 24.3 Å². The molecule has 1 atom stereocenters.